The van der Waals surface area contributed by atoms with Gasteiger partial charge in [-0.3, -0.25) is 9.59 Å². The van der Waals surface area contributed by atoms with Gasteiger partial charge in [0.05, 0.1) is 5.69 Å². The molecule has 3 aromatic rings. The van der Waals surface area contributed by atoms with Gasteiger partial charge in [-0.15, -0.1) is 11.3 Å². The average Bonchev–Trinajstić information content (AvgIpc) is 3.48. The van der Waals surface area contributed by atoms with E-state index in [1.54, 1.807) is 11.3 Å². The van der Waals surface area contributed by atoms with Crippen molar-refractivity contribution in [3.8, 4) is 11.3 Å². The number of rotatable bonds is 13. The Hall–Kier alpha value is -3.11. The van der Waals surface area contributed by atoms with E-state index >= 15 is 0 Å². The third kappa shape index (κ3) is 8.19. The minimum atomic E-state index is -0.198. The van der Waals surface area contributed by atoms with Gasteiger partial charge >= 0.3 is 0 Å². The Labute approximate surface area is 235 Å². The molecule has 0 radical (unpaired) electrons. The number of thiazole rings is 1. The summed E-state index contributed by atoms with van der Waals surface area (Å²) in [5.74, 6) is -0.133. The van der Waals surface area contributed by atoms with Gasteiger partial charge in [0.15, 0.2) is 0 Å². The highest BCUT2D eigenvalue weighted by molar-refractivity contribution is 7.10. The van der Waals surface area contributed by atoms with Crippen LogP contribution >= 0.6 is 11.3 Å². The Morgan fingerprint density at radius 3 is 2.41 bits per heavy atom. The SMILES string of the molecule is COCC(=O)NCCN(C)CCN1CCC(CNC(=O)c2ccccc2)(c2nc(-c3ccccc3)cs2)CC1. The fraction of sp³-hybridized carbons (Fsp3) is 0.433. The molecule has 0 atom stereocenters. The van der Waals surface area contributed by atoms with Crippen LogP contribution in [-0.4, -0.2) is 93.2 Å². The van der Waals surface area contributed by atoms with Crippen LogP contribution in [0.5, 0.6) is 0 Å². The first-order valence-electron chi connectivity index (χ1n) is 13.5. The van der Waals surface area contributed by atoms with E-state index in [-0.39, 0.29) is 23.8 Å². The largest absolute Gasteiger partial charge is 0.375 e. The normalized spacial score (nSPS) is 15.3. The number of ether oxygens (including phenoxy) is 1. The van der Waals surface area contributed by atoms with Crippen molar-refractivity contribution in [1.29, 1.82) is 0 Å². The molecule has 0 saturated carbocycles. The van der Waals surface area contributed by atoms with Gasteiger partial charge in [-0.05, 0) is 45.1 Å². The van der Waals surface area contributed by atoms with Crippen molar-refractivity contribution in [2.75, 3.05) is 66.6 Å². The number of hydrogen-bond donors (Lipinski definition) is 2. The van der Waals surface area contributed by atoms with Crippen LogP contribution in [0.1, 0.15) is 28.2 Å². The van der Waals surface area contributed by atoms with Crippen molar-refractivity contribution in [3.63, 3.8) is 0 Å². The van der Waals surface area contributed by atoms with Gasteiger partial charge in [-0.25, -0.2) is 4.98 Å². The van der Waals surface area contributed by atoms with Crippen LogP contribution in [0.4, 0.5) is 0 Å². The second-order valence-corrected chi connectivity index (χ2v) is 11.0. The summed E-state index contributed by atoms with van der Waals surface area (Å²) < 4.78 is 4.85. The predicted molar refractivity (Wildman–Crippen MR) is 156 cm³/mol. The Balaban J connectivity index is 1.37. The first kappa shape index (κ1) is 28.9. The third-order valence-electron chi connectivity index (χ3n) is 7.35. The molecule has 1 aromatic heterocycles. The lowest BCUT2D eigenvalue weighted by Crippen LogP contribution is -2.50. The van der Waals surface area contributed by atoms with Crippen molar-refractivity contribution in [3.05, 3.63) is 76.6 Å². The smallest absolute Gasteiger partial charge is 0.251 e. The lowest BCUT2D eigenvalue weighted by Gasteiger charge is -2.41. The van der Waals surface area contributed by atoms with E-state index in [9.17, 15) is 9.59 Å². The van der Waals surface area contributed by atoms with Gasteiger partial charge < -0.3 is 25.2 Å². The quantitative estimate of drug-likeness (QED) is 0.340. The average molecular weight is 550 g/mol. The molecule has 0 bridgehead atoms. The number of methoxy groups -OCH3 is 1. The number of benzene rings is 2. The van der Waals surface area contributed by atoms with Crippen LogP contribution in [0.3, 0.4) is 0 Å². The Morgan fingerprint density at radius 2 is 1.72 bits per heavy atom. The lowest BCUT2D eigenvalue weighted by molar-refractivity contribution is -0.124. The third-order valence-corrected chi connectivity index (χ3v) is 8.44. The fourth-order valence-electron chi connectivity index (χ4n) is 4.86. The maximum absolute atomic E-state index is 12.9. The van der Waals surface area contributed by atoms with E-state index < -0.39 is 0 Å². The highest BCUT2D eigenvalue weighted by Gasteiger charge is 2.39. The molecule has 2 heterocycles. The summed E-state index contributed by atoms with van der Waals surface area (Å²) in [5.41, 5.74) is 2.58. The number of likely N-dealkylation sites (tertiary alicyclic amines) is 1. The maximum atomic E-state index is 12.9. The molecule has 2 amide bonds. The van der Waals surface area contributed by atoms with Crippen LogP contribution in [0.15, 0.2) is 66.0 Å². The van der Waals surface area contributed by atoms with E-state index in [4.69, 9.17) is 9.72 Å². The standard InChI is InChI=1S/C30H39N5O3S/c1-34(18-15-31-27(36)21-38-2)19-20-35-16-13-30(14-17-35,23-32-28(37)25-11-7-4-8-12-25)29-33-26(22-39-29)24-9-5-3-6-10-24/h3-12,22H,13-21,23H2,1-2H3,(H,31,36)(H,32,37). The molecule has 2 N–H and O–H groups in total. The van der Waals surface area contributed by atoms with Crippen LogP contribution in [0.25, 0.3) is 11.3 Å². The van der Waals surface area contributed by atoms with Crippen molar-refractivity contribution < 1.29 is 14.3 Å². The van der Waals surface area contributed by atoms with Crippen LogP contribution < -0.4 is 10.6 Å². The summed E-state index contributed by atoms with van der Waals surface area (Å²) in [6, 6.07) is 19.7. The van der Waals surface area contributed by atoms with Gasteiger partial charge in [0.25, 0.3) is 5.91 Å². The molecule has 0 spiro atoms. The number of carbonyl (C=O) groups excluding carboxylic acids is 2. The topological polar surface area (TPSA) is 86.8 Å². The van der Waals surface area contributed by atoms with Crippen molar-refractivity contribution in [1.82, 2.24) is 25.4 Å². The van der Waals surface area contributed by atoms with E-state index in [1.807, 2.05) is 48.5 Å². The van der Waals surface area contributed by atoms with Gasteiger partial charge in [-0.1, -0.05) is 48.5 Å². The van der Waals surface area contributed by atoms with E-state index in [1.165, 1.54) is 7.11 Å². The molecule has 1 aliphatic heterocycles. The molecule has 4 rings (SSSR count). The number of aromatic nitrogens is 1. The highest BCUT2D eigenvalue weighted by atomic mass is 32.1. The van der Waals surface area contributed by atoms with E-state index in [2.05, 4.69) is 45.0 Å². The molecule has 1 fully saturated rings. The highest BCUT2D eigenvalue weighted by Crippen LogP contribution is 2.38. The van der Waals surface area contributed by atoms with E-state index in [0.29, 0.717) is 18.7 Å². The Bertz CT molecular complexity index is 1180. The second kappa shape index (κ2) is 14.3. The fourth-order valence-corrected chi connectivity index (χ4v) is 5.95. The van der Waals surface area contributed by atoms with Gasteiger partial charge in [0, 0.05) is 61.8 Å². The zero-order valence-electron chi connectivity index (χ0n) is 22.9. The summed E-state index contributed by atoms with van der Waals surface area (Å²) in [5, 5.41) is 9.32. The number of hydrogen-bond acceptors (Lipinski definition) is 7. The number of nitrogens with one attached hydrogen (secondary N) is 2. The molecule has 39 heavy (non-hydrogen) atoms. The zero-order valence-corrected chi connectivity index (χ0v) is 23.7. The summed E-state index contributed by atoms with van der Waals surface area (Å²) in [4.78, 5) is 34.3. The summed E-state index contributed by atoms with van der Waals surface area (Å²) in [6.07, 6.45) is 1.86. The molecule has 0 aliphatic carbocycles. The number of amides is 2. The van der Waals surface area contributed by atoms with Crippen molar-refractivity contribution in [2.24, 2.45) is 0 Å². The number of piperidine rings is 1. The minimum absolute atomic E-state index is 0.0449. The van der Waals surface area contributed by atoms with Crippen LogP contribution in [0.2, 0.25) is 0 Å². The molecule has 8 nitrogen and oxygen atoms in total. The monoisotopic (exact) mass is 549 g/mol. The summed E-state index contributed by atoms with van der Waals surface area (Å²) >= 11 is 1.70. The summed E-state index contributed by atoms with van der Waals surface area (Å²) in [6.45, 7) is 5.83. The molecule has 0 unspecified atom stereocenters. The Morgan fingerprint density at radius 1 is 1.03 bits per heavy atom. The molecule has 1 saturated heterocycles. The number of likely N-dealkylation sites (N-methyl/N-ethyl adjacent to an activating group) is 1. The molecular weight excluding hydrogens is 510 g/mol. The first-order chi connectivity index (χ1) is 19.0. The van der Waals surface area contributed by atoms with Crippen LogP contribution in [0, 0.1) is 0 Å². The van der Waals surface area contributed by atoms with Gasteiger partial charge in [0.2, 0.25) is 5.91 Å². The number of nitrogens with zero attached hydrogens (tertiary/aromatic N) is 3. The summed E-state index contributed by atoms with van der Waals surface area (Å²) in [7, 11) is 3.60. The maximum Gasteiger partial charge on any atom is 0.251 e. The minimum Gasteiger partial charge on any atom is -0.375 e. The second-order valence-electron chi connectivity index (χ2n) is 10.2. The molecule has 9 heteroatoms. The van der Waals surface area contributed by atoms with Gasteiger partial charge in [0.1, 0.15) is 11.6 Å². The number of carbonyl (C=O) groups is 2. The van der Waals surface area contributed by atoms with Crippen molar-refractivity contribution >= 4 is 23.2 Å². The predicted octanol–water partition coefficient (Wildman–Crippen LogP) is 3.27. The molecule has 208 valence electrons. The Kier molecular flexibility index (Phi) is 10.6. The molecule has 1 aliphatic rings. The van der Waals surface area contributed by atoms with E-state index in [0.717, 1.165) is 61.8 Å². The first-order valence-corrected chi connectivity index (χ1v) is 14.4. The van der Waals surface area contributed by atoms with Crippen molar-refractivity contribution in [2.45, 2.75) is 18.3 Å². The zero-order chi connectivity index (χ0) is 27.5. The van der Waals surface area contributed by atoms with Crippen LogP contribution in [-0.2, 0) is 14.9 Å². The lowest BCUT2D eigenvalue weighted by atomic mass is 9.78. The molecular formula is C30H39N5O3S. The van der Waals surface area contributed by atoms with Gasteiger partial charge in [-0.2, -0.15) is 0 Å². The molecule has 2 aromatic carbocycles.